The van der Waals surface area contributed by atoms with Gasteiger partial charge in [-0.2, -0.15) is 5.10 Å². The Kier molecular flexibility index (Phi) is 6.95. The van der Waals surface area contributed by atoms with Crippen LogP contribution in [-0.2, 0) is 11.2 Å². The molecule has 7 nitrogen and oxygen atoms in total. The Hall–Kier alpha value is -3.78. The second kappa shape index (κ2) is 10.2. The maximum atomic E-state index is 13.1. The van der Waals surface area contributed by atoms with Gasteiger partial charge in [0.25, 0.3) is 0 Å². The molecule has 2 aromatic carbocycles. The normalized spacial score (nSPS) is 12.1. The topological polar surface area (TPSA) is 87.0 Å². The largest absolute Gasteiger partial charge is 0.360 e. The van der Waals surface area contributed by atoms with Crippen LogP contribution in [0.15, 0.2) is 71.3 Å². The van der Waals surface area contributed by atoms with Crippen LogP contribution < -0.4 is 5.32 Å². The lowest BCUT2D eigenvalue weighted by molar-refractivity contribution is -0.121. The van der Waals surface area contributed by atoms with Crippen molar-refractivity contribution in [1.29, 1.82) is 0 Å². The van der Waals surface area contributed by atoms with E-state index in [9.17, 15) is 9.18 Å². The molecule has 0 fully saturated rings. The van der Waals surface area contributed by atoms with Crippen LogP contribution in [0, 0.1) is 12.7 Å². The van der Waals surface area contributed by atoms with Crippen LogP contribution >= 0.6 is 0 Å². The Morgan fingerprint density at radius 3 is 2.61 bits per heavy atom. The highest BCUT2D eigenvalue weighted by molar-refractivity contribution is 5.94. The molecule has 1 atom stereocenters. The van der Waals surface area contributed by atoms with E-state index in [0.717, 1.165) is 35.4 Å². The summed E-state index contributed by atoms with van der Waals surface area (Å²) < 4.78 is 18.2. The SMILES string of the molecule is Cc1cc(NC(=O)C(c2ccccc2)N(C)CCCc2cc(-c3ccc(F)cc3)n[nH]2)no1. The maximum Gasteiger partial charge on any atom is 0.247 e. The highest BCUT2D eigenvalue weighted by Gasteiger charge is 2.25. The van der Waals surface area contributed by atoms with Gasteiger partial charge >= 0.3 is 0 Å². The molecule has 0 aliphatic carbocycles. The van der Waals surface area contributed by atoms with Gasteiger partial charge in [0.05, 0.1) is 5.69 Å². The number of aryl methyl sites for hydroxylation is 2. The quantitative estimate of drug-likeness (QED) is 0.386. The van der Waals surface area contributed by atoms with Crippen molar-refractivity contribution in [1.82, 2.24) is 20.3 Å². The van der Waals surface area contributed by atoms with Crippen LogP contribution in [0.1, 0.15) is 29.5 Å². The van der Waals surface area contributed by atoms with Crippen LogP contribution in [0.2, 0.25) is 0 Å². The minimum Gasteiger partial charge on any atom is -0.360 e. The lowest BCUT2D eigenvalue weighted by atomic mass is 10.0. The number of hydrogen-bond acceptors (Lipinski definition) is 5. The molecule has 0 saturated heterocycles. The predicted octanol–water partition coefficient (Wildman–Crippen LogP) is 4.76. The van der Waals surface area contributed by atoms with E-state index in [1.807, 2.05) is 48.3 Å². The fourth-order valence-corrected chi connectivity index (χ4v) is 3.77. The standard InChI is InChI=1S/C25H26FN5O2/c1-17-15-23(30-33-17)27-25(32)24(19-7-4-3-5-8-19)31(2)14-6-9-21-16-22(29-28-21)18-10-12-20(26)13-11-18/h3-5,7-8,10-13,15-16,24H,6,9,14H2,1-2H3,(H,28,29)(H,27,30,32). The zero-order valence-electron chi connectivity index (χ0n) is 18.6. The van der Waals surface area contributed by atoms with Crippen molar-refractivity contribution in [3.8, 4) is 11.3 Å². The minimum atomic E-state index is -0.472. The number of rotatable bonds is 9. The van der Waals surface area contributed by atoms with Crippen molar-refractivity contribution < 1.29 is 13.7 Å². The van der Waals surface area contributed by atoms with Crippen molar-refractivity contribution in [2.45, 2.75) is 25.8 Å². The molecule has 0 bridgehead atoms. The Labute approximate surface area is 191 Å². The van der Waals surface area contributed by atoms with Crippen molar-refractivity contribution in [3.63, 3.8) is 0 Å². The molecule has 170 valence electrons. The van der Waals surface area contributed by atoms with E-state index in [1.165, 1.54) is 12.1 Å². The molecule has 1 unspecified atom stereocenters. The number of nitrogens with one attached hydrogen (secondary N) is 2. The number of likely N-dealkylation sites (N-methyl/N-ethyl adjacent to an activating group) is 1. The number of aromatic nitrogens is 3. The Bertz CT molecular complexity index is 1190. The van der Waals surface area contributed by atoms with Crippen LogP contribution in [0.5, 0.6) is 0 Å². The summed E-state index contributed by atoms with van der Waals surface area (Å²) in [5, 5.41) is 14.1. The lowest BCUT2D eigenvalue weighted by Gasteiger charge is -2.27. The van der Waals surface area contributed by atoms with E-state index in [0.29, 0.717) is 18.1 Å². The van der Waals surface area contributed by atoms with Gasteiger partial charge in [-0.05, 0) is 69.3 Å². The summed E-state index contributed by atoms with van der Waals surface area (Å²) in [5.74, 6) is 0.595. The van der Waals surface area contributed by atoms with Gasteiger partial charge in [0.2, 0.25) is 5.91 Å². The predicted molar refractivity (Wildman–Crippen MR) is 124 cm³/mol. The number of halogens is 1. The van der Waals surface area contributed by atoms with Crippen LogP contribution in [0.3, 0.4) is 0 Å². The van der Waals surface area contributed by atoms with Crippen molar-refractivity contribution in [2.24, 2.45) is 0 Å². The number of hydrogen-bond donors (Lipinski definition) is 2. The number of aromatic amines is 1. The van der Waals surface area contributed by atoms with Gasteiger partial charge in [-0.3, -0.25) is 14.8 Å². The van der Waals surface area contributed by atoms with Crippen LogP contribution in [0.4, 0.5) is 10.2 Å². The molecular formula is C25H26FN5O2. The molecule has 8 heteroatoms. The Morgan fingerprint density at radius 1 is 1.15 bits per heavy atom. The number of anilines is 1. The number of benzene rings is 2. The third-order valence-electron chi connectivity index (χ3n) is 5.41. The number of H-pyrrole nitrogens is 1. The summed E-state index contributed by atoms with van der Waals surface area (Å²) in [4.78, 5) is 15.1. The van der Waals surface area contributed by atoms with Crippen molar-refractivity contribution >= 4 is 11.7 Å². The highest BCUT2D eigenvalue weighted by Crippen LogP contribution is 2.23. The maximum absolute atomic E-state index is 13.1. The molecule has 0 radical (unpaired) electrons. The second-order valence-corrected chi connectivity index (χ2v) is 7.99. The molecule has 2 N–H and O–H groups in total. The van der Waals surface area contributed by atoms with Crippen LogP contribution in [0.25, 0.3) is 11.3 Å². The van der Waals surface area contributed by atoms with Crippen molar-refractivity contribution in [3.05, 3.63) is 89.6 Å². The van der Waals surface area contributed by atoms with Gasteiger partial charge in [-0.25, -0.2) is 4.39 Å². The average molecular weight is 448 g/mol. The third kappa shape index (κ3) is 5.72. The van der Waals surface area contributed by atoms with E-state index in [1.54, 1.807) is 25.1 Å². The van der Waals surface area contributed by atoms with E-state index >= 15 is 0 Å². The van der Waals surface area contributed by atoms with Gasteiger partial charge in [-0.1, -0.05) is 35.5 Å². The van der Waals surface area contributed by atoms with Gasteiger partial charge < -0.3 is 9.84 Å². The number of carbonyl (C=O) groups excluding carboxylic acids is 1. The van der Waals surface area contributed by atoms with E-state index in [4.69, 9.17) is 4.52 Å². The summed E-state index contributed by atoms with van der Waals surface area (Å²) in [6.45, 7) is 2.47. The zero-order chi connectivity index (χ0) is 23.2. The first kappa shape index (κ1) is 22.4. The van der Waals surface area contributed by atoms with Gasteiger partial charge in [0, 0.05) is 17.3 Å². The minimum absolute atomic E-state index is 0.169. The summed E-state index contributed by atoms with van der Waals surface area (Å²) in [6, 6.07) is 19.1. The van der Waals surface area contributed by atoms with E-state index in [2.05, 4.69) is 20.7 Å². The fraction of sp³-hybridized carbons (Fsp3) is 0.240. The van der Waals surface area contributed by atoms with Crippen molar-refractivity contribution in [2.75, 3.05) is 18.9 Å². The molecular weight excluding hydrogens is 421 g/mol. The monoisotopic (exact) mass is 447 g/mol. The smallest absolute Gasteiger partial charge is 0.247 e. The molecule has 2 aromatic heterocycles. The molecule has 4 rings (SSSR count). The Morgan fingerprint density at radius 2 is 1.91 bits per heavy atom. The third-order valence-corrected chi connectivity index (χ3v) is 5.41. The number of nitrogens with zero attached hydrogens (tertiary/aromatic N) is 3. The highest BCUT2D eigenvalue weighted by atomic mass is 19.1. The average Bonchev–Trinajstić information content (AvgIpc) is 3.44. The van der Waals surface area contributed by atoms with Gasteiger partial charge in [0.15, 0.2) is 5.82 Å². The Balaban J connectivity index is 1.39. The van der Waals surface area contributed by atoms with Crippen LogP contribution in [-0.4, -0.2) is 39.8 Å². The molecule has 0 saturated carbocycles. The fourth-order valence-electron chi connectivity index (χ4n) is 3.77. The van der Waals surface area contributed by atoms with Gasteiger partial charge in [-0.15, -0.1) is 0 Å². The first-order valence-electron chi connectivity index (χ1n) is 10.8. The van der Waals surface area contributed by atoms with E-state index in [-0.39, 0.29) is 11.7 Å². The molecule has 0 aliphatic rings. The molecule has 2 heterocycles. The van der Waals surface area contributed by atoms with Gasteiger partial charge in [0.1, 0.15) is 17.6 Å². The molecule has 33 heavy (non-hydrogen) atoms. The first-order valence-corrected chi connectivity index (χ1v) is 10.8. The number of amides is 1. The molecule has 0 aliphatic heterocycles. The zero-order valence-corrected chi connectivity index (χ0v) is 18.6. The summed E-state index contributed by atoms with van der Waals surface area (Å²) >= 11 is 0. The summed E-state index contributed by atoms with van der Waals surface area (Å²) in [6.07, 6.45) is 1.59. The molecule has 1 amide bonds. The second-order valence-electron chi connectivity index (χ2n) is 7.99. The van der Waals surface area contributed by atoms with E-state index < -0.39 is 6.04 Å². The number of carbonyl (C=O) groups is 1. The lowest BCUT2D eigenvalue weighted by Crippen LogP contribution is -2.35. The molecule has 0 spiro atoms. The summed E-state index contributed by atoms with van der Waals surface area (Å²) in [5.41, 5.74) is 3.53. The molecule has 4 aromatic rings. The first-order chi connectivity index (χ1) is 16.0. The summed E-state index contributed by atoms with van der Waals surface area (Å²) in [7, 11) is 1.93.